The average Bonchev–Trinajstić information content (AvgIpc) is 3.28. The van der Waals surface area contributed by atoms with E-state index in [9.17, 15) is 9.59 Å². The van der Waals surface area contributed by atoms with Crippen molar-refractivity contribution in [2.75, 3.05) is 26.8 Å². The van der Waals surface area contributed by atoms with Crippen molar-refractivity contribution in [1.29, 1.82) is 0 Å². The summed E-state index contributed by atoms with van der Waals surface area (Å²) in [6.45, 7) is 1.29. The highest BCUT2D eigenvalue weighted by Crippen LogP contribution is 2.40. The van der Waals surface area contributed by atoms with Crippen molar-refractivity contribution < 1.29 is 14.3 Å². The minimum Gasteiger partial charge on any atom is -0.383 e. The Morgan fingerprint density at radius 1 is 1.44 bits per heavy atom. The summed E-state index contributed by atoms with van der Waals surface area (Å²) in [6.07, 6.45) is 4.14. The monoisotopic (exact) mass is 390 g/mol. The number of aromatic amines is 1. The maximum absolute atomic E-state index is 12.8. The van der Waals surface area contributed by atoms with E-state index >= 15 is 0 Å². The second-order valence-electron chi connectivity index (χ2n) is 6.47. The zero-order valence-electron chi connectivity index (χ0n) is 15.2. The van der Waals surface area contributed by atoms with Crippen LogP contribution in [0.1, 0.15) is 23.7 Å². The molecule has 0 saturated carbocycles. The minimum absolute atomic E-state index is 0.0642. The van der Waals surface area contributed by atoms with Crippen LogP contribution in [0.5, 0.6) is 0 Å². The van der Waals surface area contributed by atoms with Crippen LogP contribution in [-0.2, 0) is 20.7 Å². The predicted octanol–water partition coefficient (Wildman–Crippen LogP) is 1.96. The highest BCUT2D eigenvalue weighted by atomic mass is 35.5. The third-order valence-electron chi connectivity index (χ3n) is 4.78. The van der Waals surface area contributed by atoms with E-state index in [1.807, 2.05) is 18.2 Å². The number of H-pyrrole nitrogens is 1. The van der Waals surface area contributed by atoms with Gasteiger partial charge in [-0.2, -0.15) is 0 Å². The van der Waals surface area contributed by atoms with Crippen LogP contribution in [0.15, 0.2) is 36.8 Å². The molecule has 2 heterocycles. The number of nitrogens with one attached hydrogen (secondary N) is 2. The second-order valence-corrected chi connectivity index (χ2v) is 6.88. The summed E-state index contributed by atoms with van der Waals surface area (Å²) in [5, 5.41) is 3.49. The van der Waals surface area contributed by atoms with Gasteiger partial charge >= 0.3 is 0 Å². The van der Waals surface area contributed by atoms with Gasteiger partial charge in [0.2, 0.25) is 11.8 Å². The lowest BCUT2D eigenvalue weighted by Gasteiger charge is -2.28. The first kappa shape index (κ1) is 19.4. The standard InChI is InChI=1S/C19H23ClN4O3/c1-27-9-8-24-17(25)10-15(18(24)14-4-2-3-5-16(14)20)19(26)22-7-6-13-11-21-12-23-13/h2-5,11-12,15,18H,6-10H2,1H3,(H,21,23)(H,22,26)/t15-,18+/m1/s1. The van der Waals surface area contributed by atoms with Crippen molar-refractivity contribution in [1.82, 2.24) is 20.2 Å². The number of ether oxygens (including phenoxy) is 1. The fourth-order valence-corrected chi connectivity index (χ4v) is 3.70. The van der Waals surface area contributed by atoms with Crippen LogP contribution in [0.25, 0.3) is 0 Å². The molecule has 0 aliphatic carbocycles. The first-order valence-corrected chi connectivity index (χ1v) is 9.27. The summed E-state index contributed by atoms with van der Waals surface area (Å²) < 4.78 is 5.13. The molecule has 2 atom stereocenters. The highest BCUT2D eigenvalue weighted by Gasteiger charge is 2.44. The second kappa shape index (κ2) is 9.01. The Morgan fingerprint density at radius 3 is 2.96 bits per heavy atom. The number of hydrogen-bond donors (Lipinski definition) is 2. The number of amides is 2. The van der Waals surface area contributed by atoms with Gasteiger partial charge in [0, 0.05) is 50.0 Å². The third kappa shape index (κ3) is 4.48. The van der Waals surface area contributed by atoms with E-state index < -0.39 is 12.0 Å². The number of rotatable bonds is 8. The number of aromatic nitrogens is 2. The van der Waals surface area contributed by atoms with Gasteiger partial charge in [-0.15, -0.1) is 0 Å². The molecule has 1 aliphatic rings. The SMILES string of the molecule is COCCN1C(=O)C[C@@H](C(=O)NCCc2cnc[nH]2)[C@@H]1c1ccccc1Cl. The quantitative estimate of drug-likeness (QED) is 0.721. The molecule has 0 bridgehead atoms. The van der Waals surface area contributed by atoms with E-state index in [0.29, 0.717) is 31.1 Å². The van der Waals surface area contributed by atoms with E-state index in [1.165, 1.54) is 0 Å². The Labute approximate surface area is 163 Å². The van der Waals surface area contributed by atoms with Crippen LogP contribution in [0.4, 0.5) is 0 Å². The lowest BCUT2D eigenvalue weighted by atomic mass is 9.92. The molecule has 144 valence electrons. The van der Waals surface area contributed by atoms with Crippen molar-refractivity contribution in [3.63, 3.8) is 0 Å². The van der Waals surface area contributed by atoms with Crippen molar-refractivity contribution in [3.8, 4) is 0 Å². The van der Waals surface area contributed by atoms with Gasteiger partial charge in [0.05, 0.1) is 24.9 Å². The lowest BCUT2D eigenvalue weighted by Crippen LogP contribution is -2.37. The van der Waals surface area contributed by atoms with Crippen LogP contribution in [0, 0.1) is 5.92 Å². The fourth-order valence-electron chi connectivity index (χ4n) is 3.45. The predicted molar refractivity (Wildman–Crippen MR) is 101 cm³/mol. The van der Waals surface area contributed by atoms with Crippen molar-refractivity contribution >= 4 is 23.4 Å². The van der Waals surface area contributed by atoms with Gasteiger partial charge in [0.25, 0.3) is 0 Å². The van der Waals surface area contributed by atoms with Gasteiger partial charge in [-0.05, 0) is 11.6 Å². The molecule has 1 aromatic heterocycles. The van der Waals surface area contributed by atoms with Crippen LogP contribution in [0.3, 0.4) is 0 Å². The molecule has 2 amide bonds. The molecule has 1 fully saturated rings. The summed E-state index contributed by atoms with van der Waals surface area (Å²) in [5.74, 6) is -0.700. The Kier molecular flexibility index (Phi) is 6.47. The molecular weight excluding hydrogens is 368 g/mol. The van der Waals surface area contributed by atoms with E-state index in [4.69, 9.17) is 16.3 Å². The van der Waals surface area contributed by atoms with Crippen molar-refractivity contribution in [3.05, 3.63) is 53.1 Å². The number of carbonyl (C=O) groups is 2. The van der Waals surface area contributed by atoms with E-state index in [2.05, 4.69) is 15.3 Å². The maximum atomic E-state index is 12.8. The Bertz CT molecular complexity index is 781. The molecule has 3 rings (SSSR count). The minimum atomic E-state index is -0.490. The van der Waals surface area contributed by atoms with Gasteiger partial charge in [-0.25, -0.2) is 4.98 Å². The van der Waals surface area contributed by atoms with Gasteiger partial charge < -0.3 is 19.9 Å². The third-order valence-corrected chi connectivity index (χ3v) is 5.12. The smallest absolute Gasteiger partial charge is 0.226 e. The summed E-state index contributed by atoms with van der Waals surface area (Å²) in [7, 11) is 1.59. The van der Waals surface area contributed by atoms with Crippen molar-refractivity contribution in [2.45, 2.75) is 18.9 Å². The number of imidazole rings is 1. The summed E-state index contributed by atoms with van der Waals surface area (Å²) in [4.78, 5) is 34.1. The lowest BCUT2D eigenvalue weighted by molar-refractivity contribution is -0.129. The van der Waals surface area contributed by atoms with E-state index in [0.717, 1.165) is 11.3 Å². The van der Waals surface area contributed by atoms with E-state index in [-0.39, 0.29) is 18.2 Å². The summed E-state index contributed by atoms with van der Waals surface area (Å²) in [6, 6.07) is 6.96. The molecule has 0 unspecified atom stereocenters. The zero-order valence-corrected chi connectivity index (χ0v) is 15.9. The van der Waals surface area contributed by atoms with Gasteiger partial charge in [0.15, 0.2) is 0 Å². The highest BCUT2D eigenvalue weighted by molar-refractivity contribution is 6.31. The number of carbonyl (C=O) groups excluding carboxylic acids is 2. The molecule has 8 heteroatoms. The molecule has 0 spiro atoms. The molecule has 1 aromatic carbocycles. The van der Waals surface area contributed by atoms with Gasteiger partial charge in [-0.3, -0.25) is 9.59 Å². The topological polar surface area (TPSA) is 87.3 Å². The molecule has 2 N–H and O–H groups in total. The van der Waals surface area contributed by atoms with Gasteiger partial charge in [0.1, 0.15) is 0 Å². The summed E-state index contributed by atoms with van der Waals surface area (Å²) >= 11 is 6.38. The Balaban J connectivity index is 1.75. The zero-order chi connectivity index (χ0) is 19.2. The average molecular weight is 391 g/mol. The van der Waals surface area contributed by atoms with E-state index in [1.54, 1.807) is 30.6 Å². The number of benzene rings is 1. The largest absolute Gasteiger partial charge is 0.383 e. The number of nitrogens with zero attached hydrogens (tertiary/aromatic N) is 2. The van der Waals surface area contributed by atoms with Crippen LogP contribution in [0.2, 0.25) is 5.02 Å². The summed E-state index contributed by atoms with van der Waals surface area (Å²) in [5.41, 5.74) is 1.73. The molecule has 1 saturated heterocycles. The number of methoxy groups -OCH3 is 1. The molecule has 0 radical (unpaired) electrons. The Hall–Kier alpha value is -2.38. The fraction of sp³-hybridized carbons (Fsp3) is 0.421. The molecule has 7 nitrogen and oxygen atoms in total. The first-order chi connectivity index (χ1) is 13.1. The molecule has 2 aromatic rings. The first-order valence-electron chi connectivity index (χ1n) is 8.89. The molecule has 27 heavy (non-hydrogen) atoms. The van der Waals surface area contributed by atoms with Crippen molar-refractivity contribution in [2.24, 2.45) is 5.92 Å². The number of halogens is 1. The van der Waals surface area contributed by atoms with Crippen LogP contribution >= 0.6 is 11.6 Å². The Morgan fingerprint density at radius 2 is 2.26 bits per heavy atom. The van der Waals surface area contributed by atoms with Gasteiger partial charge in [-0.1, -0.05) is 29.8 Å². The normalized spacial score (nSPS) is 19.5. The number of likely N-dealkylation sites (tertiary alicyclic amines) is 1. The molecular formula is C19H23ClN4O3. The maximum Gasteiger partial charge on any atom is 0.226 e. The number of hydrogen-bond acceptors (Lipinski definition) is 4. The van der Waals surface area contributed by atoms with Crippen LogP contribution < -0.4 is 5.32 Å². The van der Waals surface area contributed by atoms with Crippen LogP contribution in [-0.4, -0.2) is 53.5 Å². The molecule has 1 aliphatic heterocycles.